The third-order valence-corrected chi connectivity index (χ3v) is 2.30. The summed E-state index contributed by atoms with van der Waals surface area (Å²) in [5.41, 5.74) is 0.383. The topological polar surface area (TPSA) is 79.1 Å². The van der Waals surface area contributed by atoms with Crippen molar-refractivity contribution in [3.63, 3.8) is 0 Å². The molecule has 1 aromatic rings. The van der Waals surface area contributed by atoms with E-state index in [1.807, 2.05) is 0 Å². The molecule has 0 saturated heterocycles. The van der Waals surface area contributed by atoms with Gasteiger partial charge in [0.1, 0.15) is 11.6 Å². The van der Waals surface area contributed by atoms with E-state index in [2.05, 4.69) is 5.16 Å². The third-order valence-electron chi connectivity index (χ3n) is 2.30. The minimum atomic E-state index is -1.16. The van der Waals surface area contributed by atoms with E-state index in [4.69, 9.17) is 15.1 Å². The zero-order valence-corrected chi connectivity index (χ0v) is 8.05. The molecule has 0 aliphatic carbocycles. The molecule has 0 amide bonds. The highest BCUT2D eigenvalue weighted by Crippen LogP contribution is 2.28. The zero-order valence-electron chi connectivity index (χ0n) is 8.05. The molecule has 2 rings (SSSR count). The van der Waals surface area contributed by atoms with Gasteiger partial charge in [-0.3, -0.25) is 0 Å². The van der Waals surface area contributed by atoms with E-state index in [-0.39, 0.29) is 23.4 Å². The molecule has 0 saturated carbocycles. The number of nitrogens with zero attached hydrogens (tertiary/aromatic N) is 1. The standard InChI is InChI=1S/C10H8FNO4/c11-5-1-2-8-6(3-5)7(12-15)4-9(16-8)10(13)14/h1-3,9,15H,4H2,(H,13,14)/b12-7-/t9-/m1/s1. The SMILES string of the molecule is O=C(O)[C@H]1C/C(=N/O)c2cc(F)ccc2O1. The van der Waals surface area contributed by atoms with Gasteiger partial charge in [-0.25, -0.2) is 9.18 Å². The average molecular weight is 225 g/mol. The Bertz CT molecular complexity index is 472. The Morgan fingerprint density at radius 2 is 2.31 bits per heavy atom. The molecular formula is C10H8FNO4. The molecule has 1 aliphatic heterocycles. The first-order valence-electron chi connectivity index (χ1n) is 4.52. The van der Waals surface area contributed by atoms with E-state index >= 15 is 0 Å². The van der Waals surface area contributed by atoms with Crippen LogP contribution < -0.4 is 4.74 Å². The van der Waals surface area contributed by atoms with Crippen LogP contribution in [0, 0.1) is 5.82 Å². The second-order valence-electron chi connectivity index (χ2n) is 3.34. The van der Waals surface area contributed by atoms with Gasteiger partial charge in [0.25, 0.3) is 0 Å². The number of hydrogen-bond donors (Lipinski definition) is 2. The summed E-state index contributed by atoms with van der Waals surface area (Å²) < 4.78 is 18.1. The molecule has 0 radical (unpaired) electrons. The van der Waals surface area contributed by atoms with Crippen molar-refractivity contribution in [2.24, 2.45) is 5.16 Å². The van der Waals surface area contributed by atoms with Crippen molar-refractivity contribution < 1.29 is 24.2 Å². The molecule has 1 atom stereocenters. The van der Waals surface area contributed by atoms with Crippen LogP contribution in [0.2, 0.25) is 0 Å². The van der Waals surface area contributed by atoms with Crippen LogP contribution in [0.3, 0.4) is 0 Å². The molecule has 0 spiro atoms. The van der Waals surface area contributed by atoms with Crippen molar-refractivity contribution >= 4 is 11.7 Å². The molecule has 2 N–H and O–H groups in total. The lowest BCUT2D eigenvalue weighted by molar-refractivity contribution is -0.144. The summed E-state index contributed by atoms with van der Waals surface area (Å²) in [6.07, 6.45) is -1.20. The molecule has 1 aliphatic rings. The average Bonchev–Trinajstić information content (AvgIpc) is 2.27. The van der Waals surface area contributed by atoms with Crippen LogP contribution in [-0.2, 0) is 4.79 Å². The van der Waals surface area contributed by atoms with E-state index in [9.17, 15) is 9.18 Å². The van der Waals surface area contributed by atoms with Crippen LogP contribution in [-0.4, -0.2) is 28.1 Å². The van der Waals surface area contributed by atoms with Crippen LogP contribution in [0.4, 0.5) is 4.39 Å². The van der Waals surface area contributed by atoms with Crippen molar-refractivity contribution in [3.8, 4) is 5.75 Å². The Morgan fingerprint density at radius 1 is 1.56 bits per heavy atom. The number of benzene rings is 1. The number of ether oxygens (including phenoxy) is 1. The summed E-state index contributed by atoms with van der Waals surface area (Å²) in [4.78, 5) is 10.8. The van der Waals surface area contributed by atoms with Crippen molar-refractivity contribution in [1.82, 2.24) is 0 Å². The van der Waals surface area contributed by atoms with E-state index in [1.165, 1.54) is 6.07 Å². The first-order chi connectivity index (χ1) is 7.61. The predicted molar refractivity (Wildman–Crippen MR) is 51.4 cm³/mol. The first kappa shape index (κ1) is 10.4. The minimum absolute atomic E-state index is 0.0950. The molecule has 1 aromatic carbocycles. The molecule has 0 bridgehead atoms. The van der Waals surface area contributed by atoms with Gasteiger partial charge in [0.05, 0.1) is 5.71 Å². The number of fused-ring (bicyclic) bond motifs is 1. The second-order valence-corrected chi connectivity index (χ2v) is 3.34. The maximum absolute atomic E-state index is 13.0. The smallest absolute Gasteiger partial charge is 0.345 e. The fraction of sp³-hybridized carbons (Fsp3) is 0.200. The van der Waals surface area contributed by atoms with Gasteiger partial charge in [0, 0.05) is 12.0 Å². The monoisotopic (exact) mass is 225 g/mol. The van der Waals surface area contributed by atoms with Crippen LogP contribution in [0.1, 0.15) is 12.0 Å². The van der Waals surface area contributed by atoms with Gasteiger partial charge in [0.2, 0.25) is 6.10 Å². The number of rotatable bonds is 1. The van der Waals surface area contributed by atoms with Crippen LogP contribution in [0.15, 0.2) is 23.4 Å². The van der Waals surface area contributed by atoms with E-state index in [0.29, 0.717) is 0 Å². The Labute approximate surface area is 89.8 Å². The van der Waals surface area contributed by atoms with E-state index in [1.54, 1.807) is 0 Å². The predicted octanol–water partition coefficient (Wildman–Crippen LogP) is 1.24. The molecule has 6 heteroatoms. The van der Waals surface area contributed by atoms with Gasteiger partial charge in [0.15, 0.2) is 0 Å². The Morgan fingerprint density at radius 3 is 2.94 bits per heavy atom. The van der Waals surface area contributed by atoms with Crippen molar-refractivity contribution in [2.45, 2.75) is 12.5 Å². The van der Waals surface area contributed by atoms with E-state index in [0.717, 1.165) is 12.1 Å². The molecule has 84 valence electrons. The summed E-state index contributed by atoms with van der Waals surface area (Å²) >= 11 is 0. The lowest BCUT2D eigenvalue weighted by atomic mass is 10.00. The molecule has 16 heavy (non-hydrogen) atoms. The number of halogens is 1. The fourth-order valence-corrected chi connectivity index (χ4v) is 1.54. The summed E-state index contributed by atoms with van der Waals surface area (Å²) in [7, 11) is 0. The molecule has 5 nitrogen and oxygen atoms in total. The molecule has 0 aromatic heterocycles. The van der Waals surface area contributed by atoms with Gasteiger partial charge in [-0.15, -0.1) is 0 Å². The Kier molecular flexibility index (Phi) is 2.47. The number of carboxylic acids is 1. The lowest BCUT2D eigenvalue weighted by Crippen LogP contribution is -2.34. The normalized spacial score (nSPS) is 21.3. The Hall–Kier alpha value is -2.11. The van der Waals surface area contributed by atoms with Crippen LogP contribution in [0.25, 0.3) is 0 Å². The van der Waals surface area contributed by atoms with E-state index < -0.39 is 17.9 Å². The van der Waals surface area contributed by atoms with Crippen molar-refractivity contribution in [1.29, 1.82) is 0 Å². The molecule has 1 heterocycles. The largest absolute Gasteiger partial charge is 0.478 e. The van der Waals surface area contributed by atoms with Crippen molar-refractivity contribution in [3.05, 3.63) is 29.6 Å². The van der Waals surface area contributed by atoms with Crippen molar-refractivity contribution in [2.75, 3.05) is 0 Å². The summed E-state index contributed by atoms with van der Waals surface area (Å²) in [5, 5.41) is 20.5. The number of carboxylic acid groups (broad SMARTS) is 1. The van der Waals surface area contributed by atoms with Gasteiger partial charge in [-0.2, -0.15) is 0 Å². The number of carbonyl (C=O) groups is 1. The maximum Gasteiger partial charge on any atom is 0.345 e. The fourth-order valence-electron chi connectivity index (χ4n) is 1.54. The zero-order chi connectivity index (χ0) is 11.7. The van der Waals surface area contributed by atoms with Crippen LogP contribution >= 0.6 is 0 Å². The maximum atomic E-state index is 13.0. The minimum Gasteiger partial charge on any atom is -0.478 e. The third kappa shape index (κ3) is 1.69. The number of hydrogen-bond acceptors (Lipinski definition) is 4. The summed E-state index contributed by atoms with van der Waals surface area (Å²) in [5.74, 6) is -1.46. The number of aliphatic carboxylic acids is 1. The summed E-state index contributed by atoms with van der Waals surface area (Å²) in [6, 6.07) is 3.60. The highest BCUT2D eigenvalue weighted by atomic mass is 19.1. The quantitative estimate of drug-likeness (QED) is 0.556. The van der Waals surface area contributed by atoms with Gasteiger partial charge >= 0.3 is 5.97 Å². The van der Waals surface area contributed by atoms with Gasteiger partial charge < -0.3 is 15.1 Å². The number of oxime groups is 1. The second kappa shape index (κ2) is 3.80. The van der Waals surface area contributed by atoms with Gasteiger partial charge in [-0.1, -0.05) is 5.16 Å². The highest BCUT2D eigenvalue weighted by Gasteiger charge is 2.30. The highest BCUT2D eigenvalue weighted by molar-refractivity contribution is 6.05. The Balaban J connectivity index is 2.46. The molecule has 0 unspecified atom stereocenters. The first-order valence-corrected chi connectivity index (χ1v) is 4.52. The van der Waals surface area contributed by atoms with Gasteiger partial charge in [-0.05, 0) is 18.2 Å². The summed E-state index contributed by atoms with van der Waals surface area (Å²) in [6.45, 7) is 0. The molecular weight excluding hydrogens is 217 g/mol. The van der Waals surface area contributed by atoms with Crippen LogP contribution in [0.5, 0.6) is 5.75 Å². The lowest BCUT2D eigenvalue weighted by Gasteiger charge is -2.23. The molecule has 0 fully saturated rings.